The van der Waals surface area contributed by atoms with Gasteiger partial charge in [-0.3, -0.25) is 4.90 Å². The summed E-state index contributed by atoms with van der Waals surface area (Å²) in [5.41, 5.74) is 1.82. The first-order valence-electron chi connectivity index (χ1n) is 8.93. The largest absolute Gasteiger partial charge is 0.444 e. The lowest BCUT2D eigenvalue weighted by Gasteiger charge is -2.33. The summed E-state index contributed by atoms with van der Waals surface area (Å²) in [5.74, 6) is 0. The van der Waals surface area contributed by atoms with Crippen molar-refractivity contribution in [3.8, 4) is 0 Å². The Labute approximate surface area is 159 Å². The van der Waals surface area contributed by atoms with Gasteiger partial charge in [0.25, 0.3) is 10.1 Å². The van der Waals surface area contributed by atoms with Gasteiger partial charge in [0.1, 0.15) is 6.61 Å². The first-order chi connectivity index (χ1) is 13.0. The summed E-state index contributed by atoms with van der Waals surface area (Å²) in [4.78, 5) is 13.9. The maximum Gasteiger partial charge on any atom is 0.412 e. The van der Waals surface area contributed by atoms with E-state index in [2.05, 4.69) is 0 Å². The van der Waals surface area contributed by atoms with E-state index in [0.29, 0.717) is 13.0 Å². The number of amides is 1. The molecule has 2 aromatic rings. The van der Waals surface area contributed by atoms with Crippen LogP contribution in [0.4, 0.5) is 4.79 Å². The molecule has 0 radical (unpaired) electrons. The van der Waals surface area contributed by atoms with Crippen LogP contribution in [0, 0.1) is 6.92 Å². The molecule has 6 nitrogen and oxygen atoms in total. The van der Waals surface area contributed by atoms with Gasteiger partial charge in [0.2, 0.25) is 0 Å². The lowest BCUT2D eigenvalue weighted by Crippen LogP contribution is -2.46. The highest BCUT2D eigenvalue weighted by Gasteiger charge is 2.33. The number of likely N-dealkylation sites (tertiary alicyclic amines) is 1. The van der Waals surface area contributed by atoms with E-state index < -0.39 is 22.4 Å². The maximum absolute atomic E-state index is 12.6. The normalized spacial score (nSPS) is 17.5. The number of piperidine rings is 1. The molecule has 7 heteroatoms. The third kappa shape index (κ3) is 5.08. The van der Waals surface area contributed by atoms with Crippen molar-refractivity contribution in [1.29, 1.82) is 0 Å². The van der Waals surface area contributed by atoms with E-state index >= 15 is 0 Å². The first-order valence-corrected chi connectivity index (χ1v) is 10.3. The quantitative estimate of drug-likeness (QED) is 0.726. The molecule has 1 atom stereocenters. The van der Waals surface area contributed by atoms with E-state index in [1.165, 1.54) is 17.0 Å². The van der Waals surface area contributed by atoms with Crippen LogP contribution in [0.25, 0.3) is 0 Å². The minimum atomic E-state index is -3.96. The van der Waals surface area contributed by atoms with Crippen molar-refractivity contribution in [3.63, 3.8) is 0 Å². The predicted octanol–water partition coefficient (Wildman–Crippen LogP) is 3.85. The highest BCUT2D eigenvalue weighted by Crippen LogP contribution is 2.24. The zero-order valence-corrected chi connectivity index (χ0v) is 16.0. The van der Waals surface area contributed by atoms with Gasteiger partial charge in [-0.1, -0.05) is 48.0 Å². The van der Waals surface area contributed by atoms with Crippen molar-refractivity contribution in [1.82, 2.24) is 4.90 Å². The average Bonchev–Trinajstić information content (AvgIpc) is 2.67. The highest BCUT2D eigenvalue weighted by molar-refractivity contribution is 7.86. The minimum absolute atomic E-state index is 0.0799. The Morgan fingerprint density at radius 1 is 1.07 bits per heavy atom. The molecule has 3 rings (SSSR count). The number of aryl methyl sites for hydroxylation is 1. The summed E-state index contributed by atoms with van der Waals surface area (Å²) < 4.78 is 35.9. The fourth-order valence-corrected chi connectivity index (χ4v) is 3.99. The van der Waals surface area contributed by atoms with Crippen LogP contribution in [-0.4, -0.2) is 32.2 Å². The molecule has 0 aliphatic carbocycles. The molecule has 0 N–H and O–H groups in total. The van der Waals surface area contributed by atoms with Gasteiger partial charge in [-0.25, -0.2) is 8.98 Å². The summed E-state index contributed by atoms with van der Waals surface area (Å²) in [5, 5.41) is 0. The number of hydrogen-bond acceptors (Lipinski definition) is 5. The number of carbonyl (C=O) groups excluding carboxylic acids is 1. The second-order valence-electron chi connectivity index (χ2n) is 6.55. The van der Waals surface area contributed by atoms with Gasteiger partial charge < -0.3 is 4.74 Å². The fourth-order valence-electron chi connectivity index (χ4n) is 2.92. The molecule has 1 aliphatic rings. The predicted molar refractivity (Wildman–Crippen MR) is 100 cm³/mol. The Kier molecular flexibility index (Phi) is 6.13. The van der Waals surface area contributed by atoms with E-state index in [1.807, 2.05) is 37.3 Å². The van der Waals surface area contributed by atoms with Gasteiger partial charge in [-0.2, -0.15) is 8.42 Å². The molecule has 2 aromatic carbocycles. The Morgan fingerprint density at radius 3 is 2.48 bits per heavy atom. The molecule has 1 amide bonds. The van der Waals surface area contributed by atoms with Crippen LogP contribution in [-0.2, 0) is 25.6 Å². The van der Waals surface area contributed by atoms with Crippen LogP contribution < -0.4 is 0 Å². The number of ether oxygens (including phenoxy) is 1. The van der Waals surface area contributed by atoms with Gasteiger partial charge in [0.15, 0.2) is 6.23 Å². The Morgan fingerprint density at radius 2 is 1.78 bits per heavy atom. The van der Waals surface area contributed by atoms with Crippen LogP contribution in [0.1, 0.15) is 30.4 Å². The number of rotatable bonds is 5. The summed E-state index contributed by atoms with van der Waals surface area (Å²) in [6, 6.07) is 15.8. The van der Waals surface area contributed by atoms with Gasteiger partial charge in [-0.05, 0) is 43.9 Å². The zero-order chi connectivity index (χ0) is 19.3. The molecule has 27 heavy (non-hydrogen) atoms. The lowest BCUT2D eigenvalue weighted by molar-refractivity contribution is -0.00480. The van der Waals surface area contributed by atoms with Gasteiger partial charge in [0, 0.05) is 6.54 Å². The Bertz CT molecular complexity index is 865. The van der Waals surface area contributed by atoms with Crippen molar-refractivity contribution in [2.45, 2.75) is 43.9 Å². The summed E-state index contributed by atoms with van der Waals surface area (Å²) in [6.45, 7) is 2.41. The van der Waals surface area contributed by atoms with E-state index in [-0.39, 0.29) is 11.5 Å². The van der Waals surface area contributed by atoms with Gasteiger partial charge in [0.05, 0.1) is 4.90 Å². The van der Waals surface area contributed by atoms with Crippen LogP contribution >= 0.6 is 0 Å². The smallest absolute Gasteiger partial charge is 0.412 e. The van der Waals surface area contributed by atoms with Gasteiger partial charge >= 0.3 is 6.09 Å². The molecule has 1 saturated heterocycles. The van der Waals surface area contributed by atoms with Crippen molar-refractivity contribution in [2.24, 2.45) is 0 Å². The maximum atomic E-state index is 12.6. The molecule has 1 aliphatic heterocycles. The molecule has 144 valence electrons. The van der Waals surface area contributed by atoms with Crippen molar-refractivity contribution < 1.29 is 22.1 Å². The van der Waals surface area contributed by atoms with Crippen molar-refractivity contribution in [3.05, 3.63) is 65.7 Å². The standard InChI is InChI=1S/C20H23NO5S/c1-16-10-12-18(13-11-16)27(23,24)26-19-9-5-6-14-21(19)20(22)25-15-17-7-3-2-4-8-17/h2-4,7-8,10-13,19H,5-6,9,14-15H2,1H3. The zero-order valence-electron chi connectivity index (χ0n) is 15.2. The van der Waals surface area contributed by atoms with Crippen LogP contribution in [0.15, 0.2) is 59.5 Å². The molecule has 0 aromatic heterocycles. The first kappa shape index (κ1) is 19.4. The monoisotopic (exact) mass is 389 g/mol. The summed E-state index contributed by atoms with van der Waals surface area (Å²) in [7, 11) is -3.96. The molecular weight excluding hydrogens is 366 g/mol. The molecular formula is C20H23NO5S. The average molecular weight is 389 g/mol. The summed E-state index contributed by atoms with van der Waals surface area (Å²) in [6.07, 6.45) is 0.600. The van der Waals surface area contributed by atoms with Crippen LogP contribution in [0.2, 0.25) is 0 Å². The molecule has 1 unspecified atom stereocenters. The van der Waals surface area contributed by atoms with Crippen molar-refractivity contribution >= 4 is 16.2 Å². The third-order valence-corrected chi connectivity index (χ3v) is 5.76. The molecule has 1 fully saturated rings. The SMILES string of the molecule is Cc1ccc(S(=O)(=O)OC2CCCCN2C(=O)OCc2ccccc2)cc1. The molecule has 1 heterocycles. The second-order valence-corrected chi connectivity index (χ2v) is 8.12. The van der Waals surface area contributed by atoms with E-state index in [1.54, 1.807) is 12.1 Å². The number of nitrogens with zero attached hydrogens (tertiary/aromatic N) is 1. The van der Waals surface area contributed by atoms with Crippen LogP contribution in [0.3, 0.4) is 0 Å². The van der Waals surface area contributed by atoms with Crippen molar-refractivity contribution in [2.75, 3.05) is 6.54 Å². The number of hydrogen-bond donors (Lipinski definition) is 0. The van der Waals surface area contributed by atoms with E-state index in [9.17, 15) is 13.2 Å². The van der Waals surface area contributed by atoms with Crippen LogP contribution in [0.5, 0.6) is 0 Å². The number of carbonyl (C=O) groups is 1. The highest BCUT2D eigenvalue weighted by atomic mass is 32.2. The molecule has 0 bridgehead atoms. The molecule has 0 spiro atoms. The number of benzene rings is 2. The molecule has 0 saturated carbocycles. The lowest BCUT2D eigenvalue weighted by atomic mass is 10.1. The van der Waals surface area contributed by atoms with E-state index in [0.717, 1.165) is 24.0 Å². The Hall–Kier alpha value is -2.38. The topological polar surface area (TPSA) is 72.9 Å². The fraction of sp³-hybridized carbons (Fsp3) is 0.350. The second kappa shape index (κ2) is 8.54. The Balaban J connectivity index is 1.67. The third-order valence-electron chi connectivity index (χ3n) is 4.43. The summed E-state index contributed by atoms with van der Waals surface area (Å²) >= 11 is 0. The van der Waals surface area contributed by atoms with E-state index in [4.69, 9.17) is 8.92 Å². The van der Waals surface area contributed by atoms with Gasteiger partial charge in [-0.15, -0.1) is 0 Å². The minimum Gasteiger partial charge on any atom is -0.444 e.